The molecule has 0 aromatic heterocycles. The van der Waals surface area contributed by atoms with Crippen molar-refractivity contribution in [2.75, 3.05) is 0 Å². The highest BCUT2D eigenvalue weighted by Gasteiger charge is 2.25. The first-order valence-corrected chi connectivity index (χ1v) is 7.27. The van der Waals surface area contributed by atoms with Gasteiger partial charge in [0.25, 0.3) is 0 Å². The van der Waals surface area contributed by atoms with Gasteiger partial charge in [0.05, 0.1) is 0 Å². The molecule has 1 nitrogen and oxygen atoms in total. The lowest BCUT2D eigenvalue weighted by atomic mass is 9.78. The van der Waals surface area contributed by atoms with E-state index in [2.05, 4.69) is 20.8 Å². The molecule has 0 aromatic rings. The third-order valence-electron chi connectivity index (χ3n) is 3.62. The molecule has 1 aliphatic rings. The minimum Gasteiger partial charge on any atom is -0.294 e. The normalized spacial score (nSPS) is 24.9. The first-order valence-electron chi connectivity index (χ1n) is 7.27. The Morgan fingerprint density at radius 3 is 1.94 bits per heavy atom. The van der Waals surface area contributed by atoms with Crippen molar-refractivity contribution in [3.63, 3.8) is 0 Å². The third-order valence-corrected chi connectivity index (χ3v) is 3.62. The fourth-order valence-corrected chi connectivity index (χ4v) is 2.30. The smallest absolute Gasteiger partial charge is 0.161 e. The van der Waals surface area contributed by atoms with Crippen LogP contribution in [0, 0.1) is 11.8 Å². The lowest BCUT2D eigenvalue weighted by Crippen LogP contribution is -2.22. The van der Waals surface area contributed by atoms with Gasteiger partial charge in [0, 0.05) is 5.92 Å². The van der Waals surface area contributed by atoms with Crippen molar-refractivity contribution in [2.45, 2.75) is 73.1 Å². The van der Waals surface area contributed by atoms with E-state index in [9.17, 15) is 4.79 Å². The molecule has 1 fully saturated rings. The molecule has 0 aromatic carbocycles. The largest absolute Gasteiger partial charge is 0.294 e. The second kappa shape index (κ2) is 9.44. The van der Waals surface area contributed by atoms with Gasteiger partial charge in [-0.05, 0) is 51.0 Å². The van der Waals surface area contributed by atoms with E-state index in [4.69, 9.17) is 0 Å². The predicted molar refractivity (Wildman–Crippen MR) is 76.1 cm³/mol. The molecule has 0 unspecified atom stereocenters. The third kappa shape index (κ3) is 6.05. The molecule has 0 aliphatic heterocycles. The summed E-state index contributed by atoms with van der Waals surface area (Å²) in [5.41, 5.74) is 0.949. The molecular formula is C16H30O. The molecule has 0 heterocycles. The summed E-state index contributed by atoms with van der Waals surface area (Å²) in [6.45, 7) is 10.4. The van der Waals surface area contributed by atoms with Gasteiger partial charge < -0.3 is 0 Å². The first kappa shape index (κ1) is 16.4. The van der Waals surface area contributed by atoms with Crippen LogP contribution >= 0.6 is 0 Å². The Morgan fingerprint density at radius 1 is 1.12 bits per heavy atom. The molecule has 1 aliphatic carbocycles. The van der Waals surface area contributed by atoms with E-state index < -0.39 is 0 Å². The Balaban J connectivity index is 0.000000770. The number of rotatable bonds is 3. The SMILES string of the molecule is C/C=C(/C)C(=O)C1CCC(CC)CC1.CCC. The van der Waals surface area contributed by atoms with Crippen LogP contribution in [0.5, 0.6) is 0 Å². The number of allylic oxidation sites excluding steroid dienone is 2. The Kier molecular flexibility index (Phi) is 9.11. The zero-order chi connectivity index (χ0) is 13.3. The van der Waals surface area contributed by atoms with E-state index in [0.29, 0.717) is 11.7 Å². The molecule has 1 heteroatoms. The predicted octanol–water partition coefficient (Wildman–Crippen LogP) is 5.15. The van der Waals surface area contributed by atoms with Gasteiger partial charge >= 0.3 is 0 Å². The molecule has 0 amide bonds. The van der Waals surface area contributed by atoms with Crippen molar-refractivity contribution in [3.8, 4) is 0 Å². The van der Waals surface area contributed by atoms with Crippen molar-refractivity contribution in [1.82, 2.24) is 0 Å². The molecule has 0 saturated heterocycles. The van der Waals surface area contributed by atoms with Crippen molar-refractivity contribution < 1.29 is 4.79 Å². The summed E-state index contributed by atoms with van der Waals surface area (Å²) in [6.07, 6.45) is 9.20. The second-order valence-corrected chi connectivity index (χ2v) is 5.17. The maximum atomic E-state index is 11.9. The standard InChI is InChI=1S/C13H22O.C3H8/c1-4-10(3)13(14)12-8-6-11(5-2)7-9-12;1-3-2/h4,11-12H,5-9H2,1-3H3;3H2,1-2H3/b10-4-;. The highest BCUT2D eigenvalue weighted by atomic mass is 16.1. The van der Waals surface area contributed by atoms with E-state index in [0.717, 1.165) is 24.3 Å². The number of hydrogen-bond acceptors (Lipinski definition) is 1. The highest BCUT2D eigenvalue weighted by molar-refractivity contribution is 5.96. The molecule has 0 atom stereocenters. The molecular weight excluding hydrogens is 208 g/mol. The lowest BCUT2D eigenvalue weighted by Gasteiger charge is -2.26. The van der Waals surface area contributed by atoms with E-state index in [-0.39, 0.29) is 0 Å². The average Bonchev–Trinajstić information content (AvgIpc) is 2.38. The van der Waals surface area contributed by atoms with Crippen LogP contribution in [-0.4, -0.2) is 5.78 Å². The number of carbonyl (C=O) groups is 1. The summed E-state index contributed by atoms with van der Waals surface area (Å²) in [6, 6.07) is 0. The maximum Gasteiger partial charge on any atom is 0.161 e. The first-order chi connectivity index (χ1) is 8.10. The van der Waals surface area contributed by atoms with Crippen LogP contribution in [-0.2, 0) is 4.79 Å². The quantitative estimate of drug-likeness (QED) is 0.621. The van der Waals surface area contributed by atoms with Crippen LogP contribution in [0.1, 0.15) is 73.1 Å². The van der Waals surface area contributed by atoms with Crippen LogP contribution in [0.25, 0.3) is 0 Å². The number of carbonyl (C=O) groups excluding carboxylic acids is 1. The summed E-state index contributed by atoms with van der Waals surface area (Å²) in [4.78, 5) is 11.9. The zero-order valence-corrected chi connectivity index (χ0v) is 12.4. The van der Waals surface area contributed by atoms with Crippen molar-refractivity contribution in [2.24, 2.45) is 11.8 Å². The number of hydrogen-bond donors (Lipinski definition) is 0. The zero-order valence-electron chi connectivity index (χ0n) is 12.4. The fraction of sp³-hybridized carbons (Fsp3) is 0.812. The van der Waals surface area contributed by atoms with Gasteiger partial charge in [0.15, 0.2) is 5.78 Å². The molecule has 17 heavy (non-hydrogen) atoms. The summed E-state index contributed by atoms with van der Waals surface area (Å²) in [5.74, 6) is 1.60. The van der Waals surface area contributed by atoms with Crippen molar-refractivity contribution >= 4 is 5.78 Å². The minimum absolute atomic E-state index is 0.328. The number of ketones is 1. The van der Waals surface area contributed by atoms with E-state index in [1.165, 1.54) is 25.7 Å². The van der Waals surface area contributed by atoms with Crippen molar-refractivity contribution in [1.29, 1.82) is 0 Å². The van der Waals surface area contributed by atoms with E-state index in [1.807, 2.05) is 19.9 Å². The lowest BCUT2D eigenvalue weighted by molar-refractivity contribution is -0.120. The molecule has 0 radical (unpaired) electrons. The topological polar surface area (TPSA) is 17.1 Å². The Morgan fingerprint density at radius 2 is 1.59 bits per heavy atom. The molecule has 100 valence electrons. The Labute approximate surface area is 108 Å². The average molecular weight is 238 g/mol. The summed E-state index contributed by atoms with van der Waals surface area (Å²) < 4.78 is 0. The molecule has 0 bridgehead atoms. The van der Waals surface area contributed by atoms with E-state index in [1.54, 1.807) is 0 Å². The minimum atomic E-state index is 0.328. The molecule has 1 rings (SSSR count). The summed E-state index contributed by atoms with van der Waals surface area (Å²) in [5, 5.41) is 0. The van der Waals surface area contributed by atoms with Gasteiger partial charge in [-0.25, -0.2) is 0 Å². The van der Waals surface area contributed by atoms with Crippen LogP contribution in [0.2, 0.25) is 0 Å². The molecule has 0 N–H and O–H groups in total. The molecule has 1 saturated carbocycles. The Bertz CT molecular complexity index is 232. The van der Waals surface area contributed by atoms with Crippen LogP contribution < -0.4 is 0 Å². The van der Waals surface area contributed by atoms with Gasteiger partial charge in [-0.15, -0.1) is 0 Å². The summed E-state index contributed by atoms with van der Waals surface area (Å²) >= 11 is 0. The van der Waals surface area contributed by atoms with Gasteiger partial charge in [0.1, 0.15) is 0 Å². The van der Waals surface area contributed by atoms with Crippen LogP contribution in [0.4, 0.5) is 0 Å². The monoisotopic (exact) mass is 238 g/mol. The fourth-order valence-electron chi connectivity index (χ4n) is 2.30. The number of Topliss-reactive ketones (excluding diaryl/α,β-unsaturated/α-hetero) is 1. The summed E-state index contributed by atoms with van der Waals surface area (Å²) in [7, 11) is 0. The van der Waals surface area contributed by atoms with Crippen LogP contribution in [0.15, 0.2) is 11.6 Å². The van der Waals surface area contributed by atoms with E-state index >= 15 is 0 Å². The molecule has 0 spiro atoms. The van der Waals surface area contributed by atoms with Crippen LogP contribution in [0.3, 0.4) is 0 Å². The van der Waals surface area contributed by atoms with Gasteiger partial charge in [0.2, 0.25) is 0 Å². The highest BCUT2D eigenvalue weighted by Crippen LogP contribution is 2.32. The van der Waals surface area contributed by atoms with Gasteiger partial charge in [-0.1, -0.05) is 39.7 Å². The Hall–Kier alpha value is -0.590. The van der Waals surface area contributed by atoms with Gasteiger partial charge in [-0.3, -0.25) is 4.79 Å². The van der Waals surface area contributed by atoms with Crippen molar-refractivity contribution in [3.05, 3.63) is 11.6 Å². The van der Waals surface area contributed by atoms with Gasteiger partial charge in [-0.2, -0.15) is 0 Å². The maximum absolute atomic E-state index is 11.9. The second-order valence-electron chi connectivity index (χ2n) is 5.17.